The maximum Gasteiger partial charge on any atom is 0.0802 e. The molecule has 20 heavy (non-hydrogen) atoms. The Morgan fingerprint density at radius 3 is 2.60 bits per heavy atom. The van der Waals surface area contributed by atoms with Gasteiger partial charge in [-0.2, -0.15) is 0 Å². The van der Waals surface area contributed by atoms with E-state index in [1.54, 1.807) is 10.4 Å². The molecule has 1 heterocycles. The van der Waals surface area contributed by atoms with Gasteiger partial charge in [-0.3, -0.25) is 5.84 Å². The number of nitrogens with two attached hydrogens (primary N) is 1. The third-order valence-electron chi connectivity index (χ3n) is 4.19. The van der Waals surface area contributed by atoms with Crippen LogP contribution in [0.4, 0.5) is 0 Å². The molecule has 0 saturated heterocycles. The van der Waals surface area contributed by atoms with E-state index in [0.717, 1.165) is 6.42 Å². The number of thiophene rings is 1. The van der Waals surface area contributed by atoms with Gasteiger partial charge in [-0.25, -0.2) is 5.43 Å². The Bertz CT molecular complexity index is 548. The largest absolute Gasteiger partial charge is 0.271 e. The third kappa shape index (κ3) is 2.66. The maximum absolute atomic E-state index is 5.82. The zero-order valence-corrected chi connectivity index (χ0v) is 12.8. The second-order valence-corrected chi connectivity index (χ2v) is 6.67. The van der Waals surface area contributed by atoms with Crippen molar-refractivity contribution in [2.24, 2.45) is 5.84 Å². The Hall–Kier alpha value is -1.16. The van der Waals surface area contributed by atoms with E-state index in [2.05, 4.69) is 42.7 Å². The SMILES string of the molecule is CCc1ccc(C(NN)c2cc3c(s2)CCCC3)cc1. The molecule has 1 atom stereocenters. The zero-order chi connectivity index (χ0) is 13.9. The average molecular weight is 286 g/mol. The van der Waals surface area contributed by atoms with Gasteiger partial charge in [0.15, 0.2) is 0 Å². The number of rotatable bonds is 4. The number of hydrogen-bond donors (Lipinski definition) is 2. The molecule has 3 rings (SSSR count). The van der Waals surface area contributed by atoms with Crippen molar-refractivity contribution in [1.82, 2.24) is 5.43 Å². The summed E-state index contributed by atoms with van der Waals surface area (Å²) >= 11 is 1.93. The summed E-state index contributed by atoms with van der Waals surface area (Å²) < 4.78 is 0. The van der Waals surface area contributed by atoms with Gasteiger partial charge in [-0.1, -0.05) is 31.2 Å². The highest BCUT2D eigenvalue weighted by Crippen LogP contribution is 2.35. The summed E-state index contributed by atoms with van der Waals surface area (Å²) in [6.45, 7) is 2.18. The Kier molecular flexibility index (Phi) is 4.20. The standard InChI is InChI=1S/C17H22N2S/c1-2-12-7-9-13(10-8-12)17(19-18)16-11-14-5-3-4-6-15(14)20-16/h7-11,17,19H,2-6,18H2,1H3. The van der Waals surface area contributed by atoms with Gasteiger partial charge in [0, 0.05) is 9.75 Å². The minimum Gasteiger partial charge on any atom is -0.271 e. The second kappa shape index (κ2) is 6.08. The van der Waals surface area contributed by atoms with Gasteiger partial charge < -0.3 is 0 Å². The second-order valence-electron chi connectivity index (χ2n) is 5.50. The molecule has 1 aromatic carbocycles. The molecule has 2 nitrogen and oxygen atoms in total. The predicted molar refractivity (Wildman–Crippen MR) is 85.9 cm³/mol. The number of hydrogen-bond acceptors (Lipinski definition) is 3. The number of benzene rings is 1. The molecule has 1 aliphatic rings. The van der Waals surface area contributed by atoms with E-state index in [-0.39, 0.29) is 6.04 Å². The molecule has 0 aliphatic heterocycles. The third-order valence-corrected chi connectivity index (χ3v) is 5.49. The lowest BCUT2D eigenvalue weighted by atomic mass is 9.97. The summed E-state index contributed by atoms with van der Waals surface area (Å²) in [5.74, 6) is 5.82. The van der Waals surface area contributed by atoms with Crippen LogP contribution in [0.15, 0.2) is 30.3 Å². The van der Waals surface area contributed by atoms with Crippen LogP contribution in [0.5, 0.6) is 0 Å². The van der Waals surface area contributed by atoms with Crippen molar-refractivity contribution in [3.05, 3.63) is 56.8 Å². The number of nitrogens with one attached hydrogen (secondary N) is 1. The minimum atomic E-state index is 0.122. The van der Waals surface area contributed by atoms with Gasteiger partial charge in [0.25, 0.3) is 0 Å². The lowest BCUT2D eigenvalue weighted by Gasteiger charge is -2.15. The smallest absolute Gasteiger partial charge is 0.0802 e. The van der Waals surface area contributed by atoms with Gasteiger partial charge >= 0.3 is 0 Å². The normalized spacial score (nSPS) is 15.9. The van der Waals surface area contributed by atoms with E-state index < -0.39 is 0 Å². The molecule has 2 aromatic rings. The van der Waals surface area contributed by atoms with Crippen molar-refractivity contribution in [3.63, 3.8) is 0 Å². The maximum atomic E-state index is 5.82. The van der Waals surface area contributed by atoms with Crippen LogP contribution < -0.4 is 11.3 Å². The fourth-order valence-corrected chi connectivity index (χ4v) is 4.29. The van der Waals surface area contributed by atoms with Gasteiger partial charge in [-0.05, 0) is 54.9 Å². The quantitative estimate of drug-likeness (QED) is 0.663. The van der Waals surface area contributed by atoms with Crippen molar-refractivity contribution in [2.75, 3.05) is 0 Å². The van der Waals surface area contributed by atoms with Crippen LogP contribution in [0.25, 0.3) is 0 Å². The predicted octanol–water partition coefficient (Wildman–Crippen LogP) is 3.74. The summed E-state index contributed by atoms with van der Waals surface area (Å²) in [5, 5.41) is 0. The molecule has 3 N–H and O–H groups in total. The highest BCUT2D eigenvalue weighted by molar-refractivity contribution is 7.12. The first kappa shape index (κ1) is 13.8. The molecular weight excluding hydrogens is 264 g/mol. The molecule has 0 amide bonds. The summed E-state index contributed by atoms with van der Waals surface area (Å²) in [6.07, 6.45) is 6.21. The first-order valence-electron chi connectivity index (χ1n) is 7.48. The fraction of sp³-hybridized carbons (Fsp3) is 0.412. The van der Waals surface area contributed by atoms with Crippen molar-refractivity contribution in [1.29, 1.82) is 0 Å². The van der Waals surface area contributed by atoms with Crippen LogP contribution in [-0.2, 0) is 19.3 Å². The molecule has 1 aliphatic carbocycles. The van der Waals surface area contributed by atoms with Crippen molar-refractivity contribution >= 4 is 11.3 Å². The van der Waals surface area contributed by atoms with Crippen LogP contribution in [0, 0.1) is 0 Å². The molecular formula is C17H22N2S. The van der Waals surface area contributed by atoms with Crippen molar-refractivity contribution in [2.45, 2.75) is 45.1 Å². The first-order chi connectivity index (χ1) is 9.81. The Balaban J connectivity index is 1.90. The summed E-state index contributed by atoms with van der Waals surface area (Å²) in [4.78, 5) is 2.92. The van der Waals surface area contributed by atoms with E-state index >= 15 is 0 Å². The van der Waals surface area contributed by atoms with Crippen LogP contribution >= 0.6 is 11.3 Å². The fourth-order valence-electron chi connectivity index (χ4n) is 2.94. The number of hydrazine groups is 1. The summed E-state index contributed by atoms with van der Waals surface area (Å²) in [5.41, 5.74) is 7.16. The van der Waals surface area contributed by atoms with E-state index in [1.807, 2.05) is 11.3 Å². The molecule has 0 bridgehead atoms. The molecule has 3 heteroatoms. The van der Waals surface area contributed by atoms with Crippen molar-refractivity contribution < 1.29 is 0 Å². The monoisotopic (exact) mass is 286 g/mol. The lowest BCUT2D eigenvalue weighted by molar-refractivity contribution is 0.645. The van der Waals surface area contributed by atoms with E-state index in [0.29, 0.717) is 0 Å². The van der Waals surface area contributed by atoms with Gasteiger partial charge in [0.05, 0.1) is 6.04 Å². The molecule has 1 aromatic heterocycles. The Morgan fingerprint density at radius 1 is 1.20 bits per heavy atom. The van der Waals surface area contributed by atoms with E-state index in [4.69, 9.17) is 5.84 Å². The highest BCUT2D eigenvalue weighted by Gasteiger charge is 2.19. The Labute approximate surface area is 125 Å². The first-order valence-corrected chi connectivity index (χ1v) is 8.30. The minimum absolute atomic E-state index is 0.122. The lowest BCUT2D eigenvalue weighted by Crippen LogP contribution is -2.28. The van der Waals surface area contributed by atoms with Crippen LogP contribution in [0.2, 0.25) is 0 Å². The van der Waals surface area contributed by atoms with Gasteiger partial charge in [0.2, 0.25) is 0 Å². The number of aryl methyl sites for hydroxylation is 3. The van der Waals surface area contributed by atoms with Crippen LogP contribution in [0.1, 0.15) is 52.3 Å². The summed E-state index contributed by atoms with van der Waals surface area (Å²) in [7, 11) is 0. The van der Waals surface area contributed by atoms with Crippen LogP contribution in [0.3, 0.4) is 0 Å². The molecule has 106 valence electrons. The highest BCUT2D eigenvalue weighted by atomic mass is 32.1. The molecule has 0 spiro atoms. The van der Waals surface area contributed by atoms with Gasteiger partial charge in [0.1, 0.15) is 0 Å². The summed E-state index contributed by atoms with van der Waals surface area (Å²) in [6, 6.07) is 11.3. The number of fused-ring (bicyclic) bond motifs is 1. The van der Waals surface area contributed by atoms with E-state index in [9.17, 15) is 0 Å². The van der Waals surface area contributed by atoms with Crippen LogP contribution in [-0.4, -0.2) is 0 Å². The molecule has 0 fully saturated rings. The average Bonchev–Trinajstić information content (AvgIpc) is 2.92. The molecule has 0 radical (unpaired) electrons. The topological polar surface area (TPSA) is 38.0 Å². The molecule has 0 saturated carbocycles. The van der Waals surface area contributed by atoms with E-state index in [1.165, 1.54) is 41.7 Å². The molecule has 1 unspecified atom stereocenters. The zero-order valence-electron chi connectivity index (χ0n) is 12.0. The van der Waals surface area contributed by atoms with Crippen molar-refractivity contribution in [3.8, 4) is 0 Å². The van der Waals surface area contributed by atoms with Gasteiger partial charge in [-0.15, -0.1) is 11.3 Å². The Morgan fingerprint density at radius 2 is 1.95 bits per heavy atom.